The molecule has 4 nitrogen and oxygen atoms in total. The van der Waals surface area contributed by atoms with Crippen molar-refractivity contribution in [1.82, 2.24) is 0 Å². The molecule has 60 valence electrons. The normalized spacial score (nSPS) is 9.73. The molecule has 0 unspecified atom stereocenters. The summed E-state index contributed by atoms with van der Waals surface area (Å²) in [7, 11) is 0. The largest absolute Gasteiger partial charge is 0.508 e. The summed E-state index contributed by atoms with van der Waals surface area (Å²) in [4.78, 5) is 0. The van der Waals surface area contributed by atoms with Crippen molar-refractivity contribution < 1.29 is 19.9 Å². The number of aromatic hydroxyl groups is 1. The molecular weight excluding hydrogens is 153 g/mol. The first kappa shape index (κ1) is 7.77. The van der Waals surface area contributed by atoms with Crippen LogP contribution in [-0.4, -0.2) is 15.5 Å². The van der Waals surface area contributed by atoms with E-state index in [9.17, 15) is 4.39 Å². The van der Waals surface area contributed by atoms with E-state index in [1.807, 2.05) is 0 Å². The molecule has 0 radical (unpaired) electrons. The molecule has 0 saturated carbocycles. The fourth-order valence-corrected chi connectivity index (χ4v) is 0.654. The number of nitrogens with zero attached hydrogens (tertiary/aromatic N) is 1. The van der Waals surface area contributed by atoms with E-state index in [1.165, 1.54) is 0 Å². The molecule has 0 aliphatic rings. The molecule has 3 N–H and O–H groups in total. The van der Waals surface area contributed by atoms with Gasteiger partial charge < -0.3 is 5.11 Å². The van der Waals surface area contributed by atoms with Crippen molar-refractivity contribution in [2.45, 2.75) is 0 Å². The molecule has 0 fully saturated rings. The minimum atomic E-state index is -0.826. The van der Waals surface area contributed by atoms with Crippen LogP contribution in [0.3, 0.4) is 0 Å². The average Bonchev–Trinajstić information content (AvgIpc) is 1.94. The van der Waals surface area contributed by atoms with Gasteiger partial charge in [0.15, 0.2) is 5.82 Å². The van der Waals surface area contributed by atoms with E-state index in [4.69, 9.17) is 15.5 Å². The van der Waals surface area contributed by atoms with Gasteiger partial charge in [0.2, 0.25) is 0 Å². The smallest absolute Gasteiger partial charge is 0.151 e. The molecule has 0 saturated heterocycles. The number of phenols is 1. The van der Waals surface area contributed by atoms with Crippen LogP contribution < -0.4 is 5.23 Å². The van der Waals surface area contributed by atoms with E-state index in [0.717, 1.165) is 18.2 Å². The van der Waals surface area contributed by atoms with Crippen molar-refractivity contribution in [3.05, 3.63) is 24.0 Å². The maximum absolute atomic E-state index is 12.5. The summed E-state index contributed by atoms with van der Waals surface area (Å²) in [5, 5.41) is 25.1. The zero-order valence-corrected chi connectivity index (χ0v) is 5.40. The zero-order valence-electron chi connectivity index (χ0n) is 5.40. The van der Waals surface area contributed by atoms with Gasteiger partial charge in [-0.1, -0.05) is 0 Å². The van der Waals surface area contributed by atoms with Gasteiger partial charge in [0, 0.05) is 6.07 Å². The molecule has 0 spiro atoms. The van der Waals surface area contributed by atoms with E-state index in [2.05, 4.69) is 0 Å². The van der Waals surface area contributed by atoms with Crippen LogP contribution in [-0.2, 0) is 0 Å². The van der Waals surface area contributed by atoms with Crippen LogP contribution in [0, 0.1) is 5.82 Å². The van der Waals surface area contributed by atoms with Crippen LogP contribution in [0.1, 0.15) is 0 Å². The van der Waals surface area contributed by atoms with Crippen molar-refractivity contribution in [2.24, 2.45) is 0 Å². The molecule has 1 rings (SSSR count). The predicted octanol–water partition coefficient (Wildman–Crippen LogP) is 1.12. The first-order valence-corrected chi connectivity index (χ1v) is 2.77. The minimum absolute atomic E-state index is 0.241. The van der Waals surface area contributed by atoms with Gasteiger partial charge in [-0.2, -0.15) is 0 Å². The first-order valence-electron chi connectivity index (χ1n) is 2.77. The van der Waals surface area contributed by atoms with Crippen molar-refractivity contribution >= 4 is 5.69 Å². The third kappa shape index (κ3) is 1.57. The predicted molar refractivity (Wildman–Crippen MR) is 34.1 cm³/mol. The summed E-state index contributed by atoms with van der Waals surface area (Å²) in [6.45, 7) is 0. The van der Waals surface area contributed by atoms with Crippen molar-refractivity contribution in [3.8, 4) is 5.75 Å². The summed E-state index contributed by atoms with van der Waals surface area (Å²) in [5.74, 6) is -1.07. The van der Waals surface area contributed by atoms with Crippen LogP contribution >= 0.6 is 0 Å². The highest BCUT2D eigenvalue weighted by atomic mass is 19.1. The maximum Gasteiger partial charge on any atom is 0.151 e. The molecule has 5 heteroatoms. The van der Waals surface area contributed by atoms with Gasteiger partial charge in [-0.05, 0) is 12.1 Å². The van der Waals surface area contributed by atoms with Crippen molar-refractivity contribution in [1.29, 1.82) is 0 Å². The third-order valence-electron chi connectivity index (χ3n) is 1.15. The van der Waals surface area contributed by atoms with Crippen LogP contribution in [0.25, 0.3) is 0 Å². The molecule has 0 heterocycles. The molecule has 0 aliphatic carbocycles. The lowest BCUT2D eigenvalue weighted by atomic mass is 10.3. The molecule has 0 amide bonds. The second kappa shape index (κ2) is 2.73. The second-order valence-corrected chi connectivity index (χ2v) is 1.93. The Hall–Kier alpha value is -1.33. The zero-order chi connectivity index (χ0) is 8.43. The number of hydrogen-bond donors (Lipinski definition) is 3. The maximum atomic E-state index is 12.5. The van der Waals surface area contributed by atoms with Gasteiger partial charge in [-0.3, -0.25) is 10.4 Å². The number of hydrogen-bond acceptors (Lipinski definition) is 4. The second-order valence-electron chi connectivity index (χ2n) is 1.93. The number of benzene rings is 1. The lowest BCUT2D eigenvalue weighted by Gasteiger charge is -2.08. The van der Waals surface area contributed by atoms with Crippen LogP contribution in [0.2, 0.25) is 0 Å². The van der Waals surface area contributed by atoms with Gasteiger partial charge in [-0.15, -0.1) is 5.23 Å². The lowest BCUT2D eigenvalue weighted by Crippen LogP contribution is -2.12. The van der Waals surface area contributed by atoms with Gasteiger partial charge in [0.05, 0.1) is 0 Å². The van der Waals surface area contributed by atoms with E-state index < -0.39 is 16.7 Å². The van der Waals surface area contributed by atoms with Gasteiger partial charge >= 0.3 is 0 Å². The van der Waals surface area contributed by atoms with E-state index in [-0.39, 0.29) is 5.75 Å². The Morgan fingerprint density at radius 1 is 1.27 bits per heavy atom. The quantitative estimate of drug-likeness (QED) is 0.537. The Morgan fingerprint density at radius 2 is 1.91 bits per heavy atom. The standard InChI is InChI=1S/C6H6FNO3/c7-5-2-1-4(9)3-6(5)8(10)11/h1-3,9-11H. The van der Waals surface area contributed by atoms with Crippen LogP contribution in [0.15, 0.2) is 18.2 Å². The highest BCUT2D eigenvalue weighted by molar-refractivity contribution is 5.47. The minimum Gasteiger partial charge on any atom is -0.508 e. The topological polar surface area (TPSA) is 63.9 Å². The van der Waals surface area contributed by atoms with E-state index >= 15 is 0 Å². The van der Waals surface area contributed by atoms with Gasteiger partial charge in [0.1, 0.15) is 11.4 Å². The molecular formula is C6H6FNO3. The Bertz CT molecular complexity index is 264. The third-order valence-corrected chi connectivity index (χ3v) is 1.15. The molecule has 0 atom stereocenters. The fourth-order valence-electron chi connectivity index (χ4n) is 0.654. The SMILES string of the molecule is Oc1ccc(F)c(N(O)O)c1. The van der Waals surface area contributed by atoms with Crippen LogP contribution in [0.5, 0.6) is 5.75 Å². The highest BCUT2D eigenvalue weighted by Gasteiger charge is 2.06. The Labute approximate surface area is 61.6 Å². The lowest BCUT2D eigenvalue weighted by molar-refractivity contribution is 0.0271. The molecule has 0 aromatic heterocycles. The Kier molecular flexibility index (Phi) is 1.93. The first-order chi connectivity index (χ1) is 5.11. The van der Waals surface area contributed by atoms with Crippen LogP contribution in [0.4, 0.5) is 10.1 Å². The van der Waals surface area contributed by atoms with E-state index in [1.54, 1.807) is 0 Å². The summed E-state index contributed by atoms with van der Waals surface area (Å²) >= 11 is 0. The van der Waals surface area contributed by atoms with Gasteiger partial charge in [0.25, 0.3) is 0 Å². The summed E-state index contributed by atoms with van der Waals surface area (Å²) in [6, 6.07) is 2.90. The average molecular weight is 159 g/mol. The Morgan fingerprint density at radius 3 is 2.36 bits per heavy atom. The number of halogens is 1. The summed E-state index contributed by atoms with van der Waals surface area (Å²) in [5.41, 5.74) is -0.495. The van der Waals surface area contributed by atoms with Crippen molar-refractivity contribution in [3.63, 3.8) is 0 Å². The molecule has 1 aromatic carbocycles. The molecule has 0 bridgehead atoms. The summed E-state index contributed by atoms with van der Waals surface area (Å²) in [6.07, 6.45) is 0. The summed E-state index contributed by atoms with van der Waals surface area (Å²) < 4.78 is 12.5. The van der Waals surface area contributed by atoms with E-state index in [0.29, 0.717) is 0 Å². The highest BCUT2D eigenvalue weighted by Crippen LogP contribution is 2.21. The number of phenolic OH excluding ortho intramolecular Hbond substituents is 1. The number of anilines is 1. The number of rotatable bonds is 1. The van der Waals surface area contributed by atoms with Crippen molar-refractivity contribution in [2.75, 3.05) is 5.23 Å². The Balaban J connectivity index is 3.13. The molecule has 11 heavy (non-hydrogen) atoms. The van der Waals surface area contributed by atoms with Gasteiger partial charge in [-0.25, -0.2) is 4.39 Å². The molecule has 1 aromatic rings. The monoisotopic (exact) mass is 159 g/mol. The molecule has 0 aliphatic heterocycles. The fraction of sp³-hybridized carbons (Fsp3) is 0.